The number of carbonyl (C=O) groups is 2. The first-order valence-corrected chi connectivity index (χ1v) is 11.2. The van der Waals surface area contributed by atoms with Crippen LogP contribution in [-0.2, 0) is 37.1 Å². The molecule has 0 aliphatic heterocycles. The monoisotopic (exact) mass is 504 g/mol. The summed E-state index contributed by atoms with van der Waals surface area (Å²) in [6.45, 7) is -0.522. The number of carbonyl (C=O) groups excluding carboxylic acids is 2. The lowest BCUT2D eigenvalue weighted by atomic mass is 10.1. The van der Waals surface area contributed by atoms with Crippen molar-refractivity contribution < 1.29 is 45.9 Å². The Bertz CT molecular complexity index is 1090. The van der Waals surface area contributed by atoms with Crippen LogP contribution in [0, 0.1) is 0 Å². The number of rotatable bonds is 10. The van der Waals surface area contributed by atoms with Gasteiger partial charge in [-0.1, -0.05) is 12.1 Å². The topological polar surface area (TPSA) is 122 Å². The first kappa shape index (κ1) is 27.1. The average molecular weight is 504 g/mol. The number of benzene rings is 2. The second-order valence-electron chi connectivity index (χ2n) is 7.03. The summed E-state index contributed by atoms with van der Waals surface area (Å²) in [5.41, 5.74) is 0.582. The molecule has 0 unspecified atom stereocenters. The summed E-state index contributed by atoms with van der Waals surface area (Å²) in [4.78, 5) is 23.8. The number of hydrogen-bond donors (Lipinski definition) is 2. The molecule has 0 saturated carbocycles. The molecule has 0 aliphatic carbocycles. The van der Waals surface area contributed by atoms with Gasteiger partial charge in [-0.3, -0.25) is 14.8 Å². The molecule has 9 nitrogen and oxygen atoms in total. The van der Waals surface area contributed by atoms with Crippen LogP contribution >= 0.6 is 0 Å². The van der Waals surface area contributed by atoms with E-state index >= 15 is 0 Å². The number of hydroxylamine groups is 1. The number of sulfonamides is 1. The van der Waals surface area contributed by atoms with Gasteiger partial charge in [-0.15, -0.1) is 0 Å². The number of methoxy groups -OCH3 is 2. The van der Waals surface area contributed by atoms with Gasteiger partial charge < -0.3 is 9.47 Å². The number of alkyl halides is 3. The minimum atomic E-state index is -4.59. The number of ether oxygens (including phenoxy) is 2. The van der Waals surface area contributed by atoms with Crippen LogP contribution in [0.4, 0.5) is 13.2 Å². The molecule has 0 radical (unpaired) electrons. The van der Waals surface area contributed by atoms with E-state index in [1.807, 2.05) is 0 Å². The standard InChI is InChI=1S/C21H23F3N2O7S/c1-32-16-7-9-17(10-8-16)34(30,31)26(18(20(28)25-29)11-12-19(27)33-2)13-14-3-5-15(6-4-14)21(22,23)24/h3-10,18,29H,11-13H2,1-2H3,(H,25,28)/t18-/m1/s1. The highest BCUT2D eigenvalue weighted by Gasteiger charge is 2.37. The zero-order valence-electron chi connectivity index (χ0n) is 18.2. The number of hydrogen-bond acceptors (Lipinski definition) is 7. The van der Waals surface area contributed by atoms with E-state index in [1.165, 1.54) is 36.9 Å². The number of halogens is 3. The van der Waals surface area contributed by atoms with E-state index in [0.717, 1.165) is 31.4 Å². The molecular formula is C21H23F3N2O7S. The van der Waals surface area contributed by atoms with Crippen molar-refractivity contribution in [1.82, 2.24) is 9.79 Å². The predicted molar refractivity (Wildman–Crippen MR) is 112 cm³/mol. The highest BCUT2D eigenvalue weighted by atomic mass is 32.2. The molecule has 0 bridgehead atoms. The largest absolute Gasteiger partial charge is 0.497 e. The van der Waals surface area contributed by atoms with Gasteiger partial charge in [0, 0.05) is 13.0 Å². The Morgan fingerprint density at radius 3 is 2.12 bits per heavy atom. The van der Waals surface area contributed by atoms with Crippen molar-refractivity contribution in [2.24, 2.45) is 0 Å². The molecule has 13 heteroatoms. The van der Waals surface area contributed by atoms with Gasteiger partial charge in [-0.05, 0) is 48.4 Å². The average Bonchev–Trinajstić information content (AvgIpc) is 2.82. The summed E-state index contributed by atoms with van der Waals surface area (Å²) in [5, 5.41) is 9.19. The fourth-order valence-electron chi connectivity index (χ4n) is 3.06. The summed E-state index contributed by atoms with van der Waals surface area (Å²) in [6, 6.07) is 7.33. The molecule has 2 N–H and O–H groups in total. The van der Waals surface area contributed by atoms with E-state index < -0.39 is 46.2 Å². The number of amides is 1. The van der Waals surface area contributed by atoms with Crippen LogP contribution in [0.1, 0.15) is 24.0 Å². The lowest BCUT2D eigenvalue weighted by molar-refractivity contribution is -0.141. The summed E-state index contributed by atoms with van der Waals surface area (Å²) < 4.78 is 75.9. The van der Waals surface area contributed by atoms with Crippen LogP contribution in [0.15, 0.2) is 53.4 Å². The number of nitrogens with one attached hydrogen (secondary N) is 1. The van der Waals surface area contributed by atoms with Gasteiger partial charge in [0.2, 0.25) is 10.0 Å². The van der Waals surface area contributed by atoms with Crippen molar-refractivity contribution in [2.45, 2.75) is 36.5 Å². The minimum Gasteiger partial charge on any atom is -0.497 e. The Morgan fingerprint density at radius 2 is 1.65 bits per heavy atom. The summed E-state index contributed by atoms with van der Waals surface area (Å²) >= 11 is 0. The zero-order chi connectivity index (χ0) is 25.5. The maximum absolute atomic E-state index is 13.5. The fraction of sp³-hybridized carbons (Fsp3) is 0.333. The third-order valence-corrected chi connectivity index (χ3v) is 6.76. The molecule has 0 aliphatic rings. The summed E-state index contributed by atoms with van der Waals surface area (Å²) in [5.74, 6) is -1.50. The zero-order valence-corrected chi connectivity index (χ0v) is 19.0. The lowest BCUT2D eigenvalue weighted by Gasteiger charge is -2.29. The smallest absolute Gasteiger partial charge is 0.416 e. The first-order valence-electron chi connectivity index (χ1n) is 9.76. The van der Waals surface area contributed by atoms with Gasteiger partial charge in [-0.25, -0.2) is 13.9 Å². The number of esters is 1. The fourth-order valence-corrected chi connectivity index (χ4v) is 4.67. The minimum absolute atomic E-state index is 0.138. The molecule has 1 atom stereocenters. The van der Waals surface area contributed by atoms with Crippen LogP contribution in [0.25, 0.3) is 0 Å². The van der Waals surface area contributed by atoms with Gasteiger partial charge >= 0.3 is 12.1 Å². The lowest BCUT2D eigenvalue weighted by Crippen LogP contribution is -2.48. The second-order valence-corrected chi connectivity index (χ2v) is 8.92. The highest BCUT2D eigenvalue weighted by Crippen LogP contribution is 2.30. The van der Waals surface area contributed by atoms with Gasteiger partial charge in [0.05, 0.1) is 24.7 Å². The Labute approximate surface area is 194 Å². The highest BCUT2D eigenvalue weighted by molar-refractivity contribution is 7.89. The van der Waals surface area contributed by atoms with Crippen LogP contribution in [0.3, 0.4) is 0 Å². The predicted octanol–water partition coefficient (Wildman–Crippen LogP) is 2.73. The van der Waals surface area contributed by atoms with Crippen molar-refractivity contribution in [2.75, 3.05) is 14.2 Å². The summed E-state index contributed by atoms with van der Waals surface area (Å²) in [6.07, 6.45) is -5.32. The summed E-state index contributed by atoms with van der Waals surface area (Å²) in [7, 11) is -1.95. The van der Waals surface area contributed by atoms with Crippen LogP contribution in [0.5, 0.6) is 5.75 Å². The number of nitrogens with zero attached hydrogens (tertiary/aromatic N) is 1. The van der Waals surface area contributed by atoms with Gasteiger partial charge in [0.25, 0.3) is 5.91 Å². The molecule has 2 aromatic carbocycles. The molecular weight excluding hydrogens is 481 g/mol. The Balaban J connectivity index is 2.52. The van der Waals surface area contributed by atoms with Gasteiger partial charge in [0.1, 0.15) is 11.8 Å². The third kappa shape index (κ3) is 6.68. The van der Waals surface area contributed by atoms with Crippen molar-refractivity contribution in [3.8, 4) is 5.75 Å². The van der Waals surface area contributed by atoms with E-state index in [2.05, 4.69) is 4.74 Å². The Morgan fingerprint density at radius 1 is 1.06 bits per heavy atom. The maximum atomic E-state index is 13.5. The van der Waals surface area contributed by atoms with E-state index in [1.54, 1.807) is 0 Å². The van der Waals surface area contributed by atoms with E-state index in [-0.39, 0.29) is 23.3 Å². The quantitative estimate of drug-likeness (QED) is 0.290. The van der Waals surface area contributed by atoms with E-state index in [0.29, 0.717) is 10.1 Å². The molecule has 0 spiro atoms. The molecule has 0 fully saturated rings. The normalized spacial score (nSPS) is 12.8. The maximum Gasteiger partial charge on any atom is 0.416 e. The van der Waals surface area contributed by atoms with E-state index in [9.17, 15) is 36.4 Å². The third-order valence-electron chi connectivity index (χ3n) is 4.90. The molecule has 0 heterocycles. The van der Waals surface area contributed by atoms with Crippen molar-refractivity contribution >= 4 is 21.9 Å². The Kier molecular flexibility index (Phi) is 9.01. The van der Waals surface area contributed by atoms with Crippen molar-refractivity contribution in [3.05, 3.63) is 59.7 Å². The van der Waals surface area contributed by atoms with Crippen LogP contribution in [-0.4, -0.2) is 50.1 Å². The van der Waals surface area contributed by atoms with Gasteiger partial charge in [-0.2, -0.15) is 17.5 Å². The van der Waals surface area contributed by atoms with E-state index in [4.69, 9.17) is 4.74 Å². The molecule has 34 heavy (non-hydrogen) atoms. The first-order chi connectivity index (χ1) is 15.9. The van der Waals surface area contributed by atoms with Gasteiger partial charge in [0.15, 0.2) is 0 Å². The van der Waals surface area contributed by atoms with Crippen LogP contribution < -0.4 is 10.2 Å². The Hall–Kier alpha value is -3.16. The van der Waals surface area contributed by atoms with Crippen molar-refractivity contribution in [1.29, 1.82) is 0 Å². The molecule has 1 amide bonds. The molecule has 2 rings (SSSR count). The molecule has 2 aromatic rings. The second kappa shape index (κ2) is 11.3. The SMILES string of the molecule is COC(=O)CC[C@H](C(=O)NO)N(Cc1ccc(C(F)(F)F)cc1)S(=O)(=O)c1ccc(OC)cc1. The van der Waals surface area contributed by atoms with Crippen molar-refractivity contribution in [3.63, 3.8) is 0 Å². The molecule has 0 saturated heterocycles. The molecule has 186 valence electrons. The molecule has 0 aromatic heterocycles. The van der Waals surface area contributed by atoms with Crippen LogP contribution in [0.2, 0.25) is 0 Å².